The van der Waals surface area contributed by atoms with E-state index in [4.69, 9.17) is 9.47 Å². The number of likely N-dealkylation sites (tertiary alicyclic amines) is 1. The Morgan fingerprint density at radius 1 is 1.17 bits per heavy atom. The van der Waals surface area contributed by atoms with Crippen molar-refractivity contribution in [1.82, 2.24) is 15.5 Å². The zero-order valence-corrected chi connectivity index (χ0v) is 18.0. The number of alkyl halides is 3. The molecule has 1 aliphatic rings. The van der Waals surface area contributed by atoms with Crippen LogP contribution in [0.4, 0.5) is 13.2 Å². The summed E-state index contributed by atoms with van der Waals surface area (Å²) in [7, 11) is 1.68. The van der Waals surface area contributed by atoms with E-state index in [0.29, 0.717) is 45.4 Å². The van der Waals surface area contributed by atoms with E-state index in [9.17, 15) is 13.2 Å². The Kier molecular flexibility index (Phi) is 9.55. The Labute approximate surface area is 176 Å². The van der Waals surface area contributed by atoms with Crippen molar-refractivity contribution in [3.63, 3.8) is 0 Å². The molecule has 1 heterocycles. The first-order valence-corrected chi connectivity index (χ1v) is 10.5. The SMILES string of the molecule is CCOc1ccc(CCNC(=NC)NCC2CCN(CC(F)(F)F)C2)cc1OCC. The summed E-state index contributed by atoms with van der Waals surface area (Å²) in [4.78, 5) is 5.66. The number of hydrogen-bond acceptors (Lipinski definition) is 4. The van der Waals surface area contributed by atoms with Crippen molar-refractivity contribution in [3.05, 3.63) is 23.8 Å². The van der Waals surface area contributed by atoms with Gasteiger partial charge < -0.3 is 20.1 Å². The number of halogens is 3. The van der Waals surface area contributed by atoms with Crippen LogP contribution in [0, 0.1) is 5.92 Å². The van der Waals surface area contributed by atoms with E-state index in [1.165, 1.54) is 4.90 Å². The number of nitrogens with one attached hydrogen (secondary N) is 2. The molecule has 0 aliphatic carbocycles. The summed E-state index contributed by atoms with van der Waals surface area (Å²) in [5.74, 6) is 2.32. The van der Waals surface area contributed by atoms with Crippen LogP contribution in [0.5, 0.6) is 11.5 Å². The van der Waals surface area contributed by atoms with Crippen molar-refractivity contribution < 1.29 is 22.6 Å². The molecule has 1 saturated heterocycles. The molecule has 2 N–H and O–H groups in total. The van der Waals surface area contributed by atoms with Gasteiger partial charge in [0.05, 0.1) is 19.8 Å². The van der Waals surface area contributed by atoms with Gasteiger partial charge in [-0.25, -0.2) is 0 Å². The van der Waals surface area contributed by atoms with E-state index >= 15 is 0 Å². The van der Waals surface area contributed by atoms with Crippen LogP contribution in [0.1, 0.15) is 25.8 Å². The van der Waals surface area contributed by atoms with Crippen molar-refractivity contribution in [3.8, 4) is 11.5 Å². The van der Waals surface area contributed by atoms with Crippen molar-refractivity contribution in [2.75, 3.05) is 53.0 Å². The summed E-state index contributed by atoms with van der Waals surface area (Å²) < 4.78 is 48.8. The fourth-order valence-corrected chi connectivity index (χ4v) is 3.51. The highest BCUT2D eigenvalue weighted by Gasteiger charge is 2.34. The van der Waals surface area contributed by atoms with Gasteiger partial charge >= 0.3 is 6.18 Å². The molecule has 0 saturated carbocycles. The van der Waals surface area contributed by atoms with E-state index in [-0.39, 0.29) is 5.92 Å². The lowest BCUT2D eigenvalue weighted by Gasteiger charge is -2.19. The van der Waals surface area contributed by atoms with Crippen LogP contribution < -0.4 is 20.1 Å². The highest BCUT2D eigenvalue weighted by Crippen LogP contribution is 2.28. The maximum Gasteiger partial charge on any atom is 0.401 e. The van der Waals surface area contributed by atoms with Crippen LogP contribution in [0.15, 0.2) is 23.2 Å². The molecule has 0 radical (unpaired) electrons. The van der Waals surface area contributed by atoms with Crippen LogP contribution in [0.25, 0.3) is 0 Å². The number of rotatable bonds is 10. The average Bonchev–Trinajstić information content (AvgIpc) is 3.12. The van der Waals surface area contributed by atoms with Gasteiger partial charge in [0.15, 0.2) is 17.5 Å². The third-order valence-corrected chi connectivity index (χ3v) is 4.87. The van der Waals surface area contributed by atoms with E-state index in [1.54, 1.807) is 7.05 Å². The largest absolute Gasteiger partial charge is 0.490 e. The van der Waals surface area contributed by atoms with Gasteiger partial charge in [0.2, 0.25) is 0 Å². The molecule has 1 fully saturated rings. The first-order valence-electron chi connectivity index (χ1n) is 10.5. The van der Waals surface area contributed by atoms with Gasteiger partial charge in [-0.2, -0.15) is 13.2 Å². The minimum Gasteiger partial charge on any atom is -0.490 e. The van der Waals surface area contributed by atoms with Crippen LogP contribution in [0.2, 0.25) is 0 Å². The van der Waals surface area contributed by atoms with Gasteiger partial charge in [0, 0.05) is 26.7 Å². The Balaban J connectivity index is 1.75. The van der Waals surface area contributed by atoms with Gasteiger partial charge in [-0.3, -0.25) is 9.89 Å². The standard InChI is InChI=1S/C21H33F3N4O2/c1-4-29-18-7-6-16(12-19(18)30-5-2)8-10-26-20(25-3)27-13-17-9-11-28(14-17)15-21(22,23)24/h6-7,12,17H,4-5,8-11,13-15H2,1-3H3,(H2,25,26,27). The molecule has 170 valence electrons. The number of guanidine groups is 1. The molecule has 9 heteroatoms. The second-order valence-electron chi connectivity index (χ2n) is 7.28. The monoisotopic (exact) mass is 430 g/mol. The summed E-state index contributed by atoms with van der Waals surface area (Å²) in [6.45, 7) is 6.40. The fourth-order valence-electron chi connectivity index (χ4n) is 3.51. The summed E-state index contributed by atoms with van der Waals surface area (Å²) >= 11 is 0. The minimum atomic E-state index is -4.14. The molecule has 2 rings (SSSR count). The van der Waals surface area contributed by atoms with Gasteiger partial charge in [-0.1, -0.05) is 6.07 Å². The summed E-state index contributed by atoms with van der Waals surface area (Å²) in [5.41, 5.74) is 1.11. The van der Waals surface area contributed by atoms with Crippen molar-refractivity contribution in [1.29, 1.82) is 0 Å². The predicted octanol–water partition coefficient (Wildman–Crippen LogP) is 3.08. The maximum atomic E-state index is 12.5. The van der Waals surface area contributed by atoms with Crippen LogP contribution >= 0.6 is 0 Å². The molecule has 0 spiro atoms. The Morgan fingerprint density at radius 3 is 2.57 bits per heavy atom. The first kappa shape index (κ1) is 24.1. The van der Waals surface area contributed by atoms with Gasteiger partial charge in [0.1, 0.15) is 0 Å². The van der Waals surface area contributed by atoms with Crippen molar-refractivity contribution in [2.24, 2.45) is 10.9 Å². The van der Waals surface area contributed by atoms with Gasteiger partial charge in [0.25, 0.3) is 0 Å². The van der Waals surface area contributed by atoms with Crippen molar-refractivity contribution >= 4 is 5.96 Å². The normalized spacial score (nSPS) is 17.8. The lowest BCUT2D eigenvalue weighted by atomic mass is 10.1. The molecular formula is C21H33F3N4O2. The van der Waals surface area contributed by atoms with Crippen LogP contribution in [0.3, 0.4) is 0 Å². The fraction of sp³-hybridized carbons (Fsp3) is 0.667. The number of aliphatic imine (C=N–C) groups is 1. The smallest absolute Gasteiger partial charge is 0.401 e. The molecule has 30 heavy (non-hydrogen) atoms. The Morgan fingerprint density at radius 2 is 1.90 bits per heavy atom. The zero-order chi connectivity index (χ0) is 22.0. The van der Waals surface area contributed by atoms with E-state index in [1.807, 2.05) is 32.0 Å². The van der Waals surface area contributed by atoms with Crippen LogP contribution in [-0.2, 0) is 6.42 Å². The third-order valence-electron chi connectivity index (χ3n) is 4.87. The van der Waals surface area contributed by atoms with Gasteiger partial charge in [-0.05, 0) is 56.8 Å². The molecular weight excluding hydrogens is 397 g/mol. The number of benzene rings is 1. The second kappa shape index (κ2) is 11.9. The summed E-state index contributed by atoms with van der Waals surface area (Å²) in [6, 6.07) is 5.92. The molecule has 0 aromatic heterocycles. The highest BCUT2D eigenvalue weighted by molar-refractivity contribution is 5.79. The van der Waals surface area contributed by atoms with E-state index in [0.717, 1.165) is 29.9 Å². The second-order valence-corrected chi connectivity index (χ2v) is 7.28. The molecule has 6 nitrogen and oxygen atoms in total. The molecule has 1 unspecified atom stereocenters. The van der Waals surface area contributed by atoms with E-state index in [2.05, 4.69) is 15.6 Å². The molecule has 1 aromatic carbocycles. The topological polar surface area (TPSA) is 58.1 Å². The Hall–Kier alpha value is -2.16. The highest BCUT2D eigenvalue weighted by atomic mass is 19.4. The molecule has 0 amide bonds. The number of nitrogens with zero attached hydrogens (tertiary/aromatic N) is 2. The quantitative estimate of drug-likeness (QED) is 0.441. The minimum absolute atomic E-state index is 0.186. The molecule has 1 aromatic rings. The lowest BCUT2D eigenvalue weighted by Crippen LogP contribution is -2.41. The molecule has 1 aliphatic heterocycles. The maximum absolute atomic E-state index is 12.5. The zero-order valence-electron chi connectivity index (χ0n) is 18.0. The number of ether oxygens (including phenoxy) is 2. The number of hydrogen-bond donors (Lipinski definition) is 2. The lowest BCUT2D eigenvalue weighted by molar-refractivity contribution is -0.143. The van der Waals surface area contributed by atoms with Gasteiger partial charge in [-0.15, -0.1) is 0 Å². The first-order chi connectivity index (χ1) is 14.3. The predicted molar refractivity (Wildman–Crippen MR) is 112 cm³/mol. The average molecular weight is 431 g/mol. The Bertz CT molecular complexity index is 683. The van der Waals surface area contributed by atoms with Crippen LogP contribution in [-0.4, -0.2) is 70.0 Å². The van der Waals surface area contributed by atoms with Crippen molar-refractivity contribution in [2.45, 2.75) is 32.9 Å². The molecule has 0 bridgehead atoms. The third kappa shape index (κ3) is 8.30. The molecule has 1 atom stereocenters. The summed E-state index contributed by atoms with van der Waals surface area (Å²) in [5, 5.41) is 6.48. The van der Waals surface area contributed by atoms with E-state index < -0.39 is 12.7 Å². The summed E-state index contributed by atoms with van der Waals surface area (Å²) in [6.07, 6.45) is -2.61.